The molecular formula is C13H16N4O2. The highest BCUT2D eigenvalue weighted by Gasteiger charge is 2.47. The summed E-state index contributed by atoms with van der Waals surface area (Å²) in [5, 5.41) is 18.3. The molecule has 1 unspecified atom stereocenters. The van der Waals surface area contributed by atoms with Crippen LogP contribution in [0.1, 0.15) is 26.0 Å². The number of nitriles is 1. The summed E-state index contributed by atoms with van der Waals surface area (Å²) in [6, 6.07) is 3.50. The monoisotopic (exact) mass is 260 g/mol. The third-order valence-electron chi connectivity index (χ3n) is 3.87. The Kier molecular flexibility index (Phi) is 3.38. The van der Waals surface area contributed by atoms with Crippen LogP contribution in [-0.4, -0.2) is 34.1 Å². The molecule has 1 aromatic heterocycles. The molecule has 100 valence electrons. The molecule has 19 heavy (non-hydrogen) atoms. The van der Waals surface area contributed by atoms with Crippen LogP contribution in [0.3, 0.4) is 0 Å². The fourth-order valence-electron chi connectivity index (χ4n) is 2.46. The van der Waals surface area contributed by atoms with Gasteiger partial charge in [-0.3, -0.25) is 4.79 Å². The number of carboxylic acids is 1. The van der Waals surface area contributed by atoms with E-state index in [-0.39, 0.29) is 5.92 Å². The summed E-state index contributed by atoms with van der Waals surface area (Å²) in [7, 11) is 0. The van der Waals surface area contributed by atoms with E-state index in [1.54, 1.807) is 0 Å². The third-order valence-corrected chi connectivity index (χ3v) is 3.87. The first kappa shape index (κ1) is 13.3. The van der Waals surface area contributed by atoms with E-state index in [1.807, 2.05) is 24.8 Å². The summed E-state index contributed by atoms with van der Waals surface area (Å²) in [6.07, 6.45) is 2.09. The molecule has 0 aliphatic carbocycles. The highest BCUT2D eigenvalue weighted by molar-refractivity contribution is 5.77. The zero-order valence-electron chi connectivity index (χ0n) is 11.0. The van der Waals surface area contributed by atoms with Gasteiger partial charge in [-0.2, -0.15) is 5.26 Å². The van der Waals surface area contributed by atoms with Crippen molar-refractivity contribution in [2.75, 3.05) is 18.0 Å². The van der Waals surface area contributed by atoms with E-state index in [4.69, 9.17) is 5.26 Å². The Morgan fingerprint density at radius 3 is 2.89 bits per heavy atom. The number of nitrogens with zero attached hydrogens (tertiary/aromatic N) is 4. The zero-order chi connectivity index (χ0) is 14.0. The number of anilines is 1. The maximum Gasteiger partial charge on any atom is 0.311 e. The van der Waals surface area contributed by atoms with Crippen molar-refractivity contribution in [3.63, 3.8) is 0 Å². The predicted octanol–water partition coefficient (Wildman–Crippen LogP) is 1.29. The minimum absolute atomic E-state index is 0.0362. The number of aromatic nitrogens is 2. The molecule has 6 heteroatoms. The second kappa shape index (κ2) is 4.84. The van der Waals surface area contributed by atoms with Gasteiger partial charge in [0.2, 0.25) is 5.95 Å². The lowest BCUT2D eigenvalue weighted by Gasteiger charge is -2.28. The van der Waals surface area contributed by atoms with Crippen LogP contribution in [0.2, 0.25) is 0 Å². The molecule has 2 heterocycles. The van der Waals surface area contributed by atoms with E-state index < -0.39 is 11.4 Å². The van der Waals surface area contributed by atoms with E-state index in [1.165, 1.54) is 12.3 Å². The Hall–Kier alpha value is -2.16. The van der Waals surface area contributed by atoms with E-state index in [0.29, 0.717) is 31.2 Å². The first-order valence-electron chi connectivity index (χ1n) is 6.21. The van der Waals surface area contributed by atoms with Gasteiger partial charge in [-0.15, -0.1) is 0 Å². The highest BCUT2D eigenvalue weighted by Crippen LogP contribution is 2.39. The van der Waals surface area contributed by atoms with Crippen LogP contribution < -0.4 is 4.90 Å². The molecule has 0 spiro atoms. The Morgan fingerprint density at radius 2 is 2.37 bits per heavy atom. The largest absolute Gasteiger partial charge is 0.481 e. The van der Waals surface area contributed by atoms with E-state index in [2.05, 4.69) is 9.97 Å². The Morgan fingerprint density at radius 1 is 1.63 bits per heavy atom. The zero-order valence-corrected chi connectivity index (χ0v) is 11.0. The van der Waals surface area contributed by atoms with Crippen molar-refractivity contribution in [1.29, 1.82) is 5.26 Å². The molecule has 1 saturated heterocycles. The van der Waals surface area contributed by atoms with Crippen LogP contribution >= 0.6 is 0 Å². The van der Waals surface area contributed by atoms with Crippen molar-refractivity contribution >= 4 is 11.9 Å². The maximum absolute atomic E-state index is 11.5. The Bertz CT molecular complexity index is 538. The molecule has 1 N–H and O–H groups in total. The van der Waals surface area contributed by atoms with Gasteiger partial charge in [-0.25, -0.2) is 9.97 Å². The van der Waals surface area contributed by atoms with Crippen LogP contribution in [0.25, 0.3) is 0 Å². The molecular weight excluding hydrogens is 244 g/mol. The number of hydrogen-bond donors (Lipinski definition) is 1. The van der Waals surface area contributed by atoms with Gasteiger partial charge in [0.15, 0.2) is 0 Å². The molecule has 0 saturated carbocycles. The van der Waals surface area contributed by atoms with Crippen LogP contribution in [0.5, 0.6) is 0 Å². The summed E-state index contributed by atoms with van der Waals surface area (Å²) < 4.78 is 0. The first-order valence-corrected chi connectivity index (χ1v) is 6.21. The molecule has 0 aromatic carbocycles. The molecule has 1 fully saturated rings. The number of rotatable bonds is 3. The summed E-state index contributed by atoms with van der Waals surface area (Å²) in [5.74, 6) is -0.307. The normalized spacial score (nSPS) is 22.5. The Balaban J connectivity index is 2.26. The molecule has 0 radical (unpaired) electrons. The average Bonchev–Trinajstić information content (AvgIpc) is 2.85. The minimum Gasteiger partial charge on any atom is -0.481 e. The standard InChI is InChI=1S/C13H16N4O2/c1-9(2)13(11(18)19)4-6-17(8-13)12-15-5-3-10(7-14)16-12/h3,5,9H,4,6,8H2,1-2H3,(H,18,19). The molecule has 2 rings (SSSR count). The SMILES string of the molecule is CC(C)C1(C(=O)O)CCN(c2nccc(C#N)n2)C1. The van der Waals surface area contributed by atoms with Gasteiger partial charge in [0.05, 0.1) is 5.41 Å². The number of aliphatic carboxylic acids is 1. The second-order valence-corrected chi connectivity index (χ2v) is 5.14. The fourth-order valence-corrected chi connectivity index (χ4v) is 2.46. The van der Waals surface area contributed by atoms with Gasteiger partial charge < -0.3 is 10.0 Å². The minimum atomic E-state index is -0.776. The van der Waals surface area contributed by atoms with Crippen LogP contribution in [0.15, 0.2) is 12.3 Å². The van der Waals surface area contributed by atoms with E-state index in [0.717, 1.165) is 0 Å². The summed E-state index contributed by atoms with van der Waals surface area (Å²) in [6.45, 7) is 4.82. The van der Waals surface area contributed by atoms with Crippen molar-refractivity contribution in [2.45, 2.75) is 20.3 Å². The van der Waals surface area contributed by atoms with Gasteiger partial charge in [0, 0.05) is 19.3 Å². The van der Waals surface area contributed by atoms with E-state index in [9.17, 15) is 9.90 Å². The first-order chi connectivity index (χ1) is 8.99. The number of hydrogen-bond acceptors (Lipinski definition) is 5. The average molecular weight is 260 g/mol. The smallest absolute Gasteiger partial charge is 0.311 e. The predicted molar refractivity (Wildman–Crippen MR) is 68.5 cm³/mol. The lowest BCUT2D eigenvalue weighted by atomic mass is 9.76. The van der Waals surface area contributed by atoms with Crippen molar-refractivity contribution in [3.8, 4) is 6.07 Å². The molecule has 0 bridgehead atoms. The van der Waals surface area contributed by atoms with Crippen LogP contribution in [0.4, 0.5) is 5.95 Å². The Labute approximate surface area is 111 Å². The van der Waals surface area contributed by atoms with Gasteiger partial charge in [-0.05, 0) is 18.4 Å². The quantitative estimate of drug-likeness (QED) is 0.880. The molecule has 1 aromatic rings. The second-order valence-electron chi connectivity index (χ2n) is 5.14. The molecule has 1 aliphatic heterocycles. The van der Waals surface area contributed by atoms with Crippen LogP contribution in [-0.2, 0) is 4.79 Å². The lowest BCUT2D eigenvalue weighted by Crippen LogP contribution is -2.39. The number of carbonyl (C=O) groups is 1. The summed E-state index contributed by atoms with van der Waals surface area (Å²) >= 11 is 0. The highest BCUT2D eigenvalue weighted by atomic mass is 16.4. The molecule has 0 amide bonds. The van der Waals surface area contributed by atoms with Crippen molar-refractivity contribution in [1.82, 2.24) is 9.97 Å². The third kappa shape index (κ3) is 2.24. The molecule has 1 atom stereocenters. The maximum atomic E-state index is 11.5. The number of carboxylic acid groups (broad SMARTS) is 1. The lowest BCUT2D eigenvalue weighted by molar-refractivity contribution is -0.150. The van der Waals surface area contributed by atoms with Gasteiger partial charge >= 0.3 is 5.97 Å². The summed E-state index contributed by atoms with van der Waals surface area (Å²) in [4.78, 5) is 21.6. The van der Waals surface area contributed by atoms with Crippen molar-refractivity contribution in [2.24, 2.45) is 11.3 Å². The van der Waals surface area contributed by atoms with Gasteiger partial charge in [0.1, 0.15) is 11.8 Å². The van der Waals surface area contributed by atoms with Crippen molar-refractivity contribution < 1.29 is 9.90 Å². The molecule has 1 aliphatic rings. The summed E-state index contributed by atoms with van der Waals surface area (Å²) in [5.41, 5.74) is -0.464. The topological polar surface area (TPSA) is 90.1 Å². The fraction of sp³-hybridized carbons (Fsp3) is 0.538. The van der Waals surface area contributed by atoms with Gasteiger partial charge in [0.25, 0.3) is 0 Å². The molecule has 6 nitrogen and oxygen atoms in total. The van der Waals surface area contributed by atoms with E-state index >= 15 is 0 Å². The van der Waals surface area contributed by atoms with Gasteiger partial charge in [-0.1, -0.05) is 13.8 Å². The van der Waals surface area contributed by atoms with Crippen molar-refractivity contribution in [3.05, 3.63) is 18.0 Å². The van der Waals surface area contributed by atoms with Crippen LogP contribution in [0, 0.1) is 22.7 Å².